The van der Waals surface area contributed by atoms with Crippen LogP contribution in [0.15, 0.2) is 158 Å². The van der Waals surface area contributed by atoms with Crippen LogP contribution in [0.2, 0.25) is 0 Å². The predicted octanol–water partition coefficient (Wildman–Crippen LogP) is 21.9. The van der Waals surface area contributed by atoms with Gasteiger partial charge in [-0.05, 0) is 148 Å². The largest absolute Gasteiger partial charge is 0.472 e. The van der Waals surface area contributed by atoms with E-state index < -0.39 is 91.5 Å². The Morgan fingerprint density at radius 1 is 0.293 bits per heavy atom. The zero-order chi connectivity index (χ0) is 72.3. The van der Waals surface area contributed by atoms with Crippen LogP contribution >= 0.6 is 15.6 Å². The highest BCUT2D eigenvalue weighted by Crippen LogP contribution is 2.45. The van der Waals surface area contributed by atoms with E-state index in [1.807, 2.05) is 0 Å². The number of unbranched alkanes of at least 4 members (excludes halogenated alkanes) is 21. The molecule has 5 atom stereocenters. The van der Waals surface area contributed by atoms with Crippen molar-refractivity contribution in [2.24, 2.45) is 0 Å². The van der Waals surface area contributed by atoms with Crippen molar-refractivity contribution in [3.63, 3.8) is 0 Å². The van der Waals surface area contributed by atoms with Crippen molar-refractivity contribution < 1.29 is 75.8 Å². The fourth-order valence-electron chi connectivity index (χ4n) is 9.51. The Morgan fingerprint density at radius 2 is 0.535 bits per heavy atom. The number of ether oxygens (including phenoxy) is 3. The van der Waals surface area contributed by atoms with Gasteiger partial charge in [-0.2, -0.15) is 0 Å². The molecule has 0 aromatic rings. The molecule has 0 aliphatic heterocycles. The second kappa shape index (κ2) is 72.9. The highest BCUT2D eigenvalue weighted by molar-refractivity contribution is 7.47. The Kier molecular flexibility index (Phi) is 69.4. The molecule has 0 bridgehead atoms. The third-order valence-corrected chi connectivity index (χ3v) is 17.1. The summed E-state index contributed by atoms with van der Waals surface area (Å²) in [6, 6.07) is 0. The monoisotopic (exact) mass is 1420 g/mol. The number of hydrogen-bond acceptors (Lipinski definition) is 14. The lowest BCUT2D eigenvalue weighted by Crippen LogP contribution is -2.30. The molecule has 0 aliphatic carbocycles. The van der Waals surface area contributed by atoms with Crippen LogP contribution in [0.5, 0.6) is 0 Å². The Morgan fingerprint density at radius 3 is 0.848 bits per heavy atom. The maximum atomic E-state index is 12.9. The molecule has 0 spiro atoms. The van der Waals surface area contributed by atoms with Crippen LogP contribution < -0.4 is 0 Å². The van der Waals surface area contributed by atoms with Gasteiger partial charge in [-0.3, -0.25) is 32.5 Å². The van der Waals surface area contributed by atoms with Gasteiger partial charge in [0.1, 0.15) is 25.4 Å². The topological polar surface area (TPSA) is 231 Å². The van der Waals surface area contributed by atoms with Crippen LogP contribution in [-0.2, 0) is 55.8 Å². The van der Waals surface area contributed by atoms with E-state index in [9.17, 15) is 43.5 Å². The third kappa shape index (κ3) is 74.2. The number of esters is 3. The highest BCUT2D eigenvalue weighted by atomic mass is 31.2. The van der Waals surface area contributed by atoms with Gasteiger partial charge in [0.2, 0.25) is 0 Å². The summed E-state index contributed by atoms with van der Waals surface area (Å²) in [5.74, 6) is -1.63. The van der Waals surface area contributed by atoms with Crippen LogP contribution in [0, 0.1) is 0 Å². The van der Waals surface area contributed by atoms with Crippen molar-refractivity contribution in [1.29, 1.82) is 0 Å². The summed E-state index contributed by atoms with van der Waals surface area (Å²) < 4.78 is 61.0. The Bertz CT molecular complexity index is 2430. The fourth-order valence-corrected chi connectivity index (χ4v) is 11.1. The summed E-state index contributed by atoms with van der Waals surface area (Å²) in [5.41, 5.74) is 0. The highest BCUT2D eigenvalue weighted by Gasteiger charge is 2.29. The smallest absolute Gasteiger partial charge is 0.463 e. The molecule has 16 nitrogen and oxygen atoms in total. The maximum absolute atomic E-state index is 12.9. The third-order valence-electron chi connectivity index (χ3n) is 15.2. The van der Waals surface area contributed by atoms with E-state index in [1.165, 1.54) is 44.9 Å². The molecule has 0 aromatic carbocycles. The first-order chi connectivity index (χ1) is 48.2. The van der Waals surface area contributed by atoms with E-state index in [4.69, 9.17) is 32.3 Å². The number of allylic oxidation sites excluding steroid dienone is 26. The zero-order valence-electron chi connectivity index (χ0n) is 61.4. The molecule has 564 valence electrons. The van der Waals surface area contributed by atoms with Gasteiger partial charge < -0.3 is 34.2 Å². The summed E-state index contributed by atoms with van der Waals surface area (Å²) in [6.45, 7) is 2.35. The molecule has 18 heteroatoms. The molecule has 0 radical (unpaired) electrons. The number of carbonyl (C=O) groups is 3. The summed E-state index contributed by atoms with van der Waals surface area (Å²) in [4.78, 5) is 58.6. The summed E-state index contributed by atoms with van der Waals surface area (Å²) in [7, 11) is -9.81. The van der Waals surface area contributed by atoms with E-state index in [0.29, 0.717) is 19.3 Å². The summed E-state index contributed by atoms with van der Waals surface area (Å²) in [5, 5.41) is 20.6. The van der Waals surface area contributed by atoms with Gasteiger partial charge in [-0.15, -0.1) is 0 Å². The number of hydrogen-bond donors (Lipinski definition) is 4. The molecule has 0 aliphatic rings. The molecule has 0 aromatic heterocycles. The minimum atomic E-state index is -4.94. The molecule has 99 heavy (non-hydrogen) atoms. The van der Waals surface area contributed by atoms with Crippen molar-refractivity contribution >= 4 is 33.6 Å². The fraction of sp³-hybridized carbons (Fsp3) is 0.642. The Hall–Kier alpha value is -4.83. The van der Waals surface area contributed by atoms with Gasteiger partial charge in [0.15, 0.2) is 6.10 Å². The molecule has 0 saturated heterocycles. The Balaban J connectivity index is 4.63. The van der Waals surface area contributed by atoms with Gasteiger partial charge >= 0.3 is 33.6 Å². The summed E-state index contributed by atoms with van der Waals surface area (Å²) >= 11 is 0. The van der Waals surface area contributed by atoms with Crippen LogP contribution in [0.3, 0.4) is 0 Å². The number of phosphoric acid groups is 2. The van der Waals surface area contributed by atoms with Crippen molar-refractivity contribution in [1.82, 2.24) is 0 Å². The molecule has 4 N–H and O–H groups in total. The lowest BCUT2D eigenvalue weighted by Gasteiger charge is -2.21. The maximum Gasteiger partial charge on any atom is 0.472 e. The first-order valence-electron chi connectivity index (χ1n) is 37.8. The van der Waals surface area contributed by atoms with E-state index in [1.54, 1.807) is 0 Å². The van der Waals surface area contributed by atoms with Crippen molar-refractivity contribution in [2.45, 2.75) is 296 Å². The van der Waals surface area contributed by atoms with E-state index in [2.05, 4.69) is 179 Å². The molecular formula is C81H134O16P2. The van der Waals surface area contributed by atoms with Crippen LogP contribution in [-0.4, -0.2) is 95.9 Å². The predicted molar refractivity (Wildman–Crippen MR) is 408 cm³/mol. The van der Waals surface area contributed by atoms with E-state index >= 15 is 0 Å². The summed E-state index contributed by atoms with van der Waals surface area (Å²) in [6.07, 6.45) is 90.0. The molecule has 5 unspecified atom stereocenters. The van der Waals surface area contributed by atoms with Gasteiger partial charge in [0.25, 0.3) is 0 Å². The number of phosphoric ester groups is 2. The molecule has 0 heterocycles. The van der Waals surface area contributed by atoms with Crippen molar-refractivity contribution in [2.75, 3.05) is 39.6 Å². The molecule has 0 rings (SSSR count). The number of carbonyl (C=O) groups excluding carboxylic acids is 3. The quantitative estimate of drug-likeness (QED) is 0.0146. The van der Waals surface area contributed by atoms with Gasteiger partial charge in [0, 0.05) is 19.3 Å². The number of aliphatic hydroxyl groups excluding tert-OH is 2. The van der Waals surface area contributed by atoms with Gasteiger partial charge in [-0.1, -0.05) is 269 Å². The van der Waals surface area contributed by atoms with Crippen molar-refractivity contribution in [3.05, 3.63) is 158 Å². The van der Waals surface area contributed by atoms with Gasteiger partial charge in [0.05, 0.1) is 26.4 Å². The minimum absolute atomic E-state index is 0.0756. The standard InChI is InChI=1S/C81H134O16P2/c1-4-7-10-13-16-19-22-25-28-30-32-34-35-36-37-38-39-41-43-44-47-49-52-55-58-61-64-67-79(84)91-70-76(82)71-93-98(87,88)94-72-77(83)73-95-99(89,90)96-75-78(97-81(86)69-66-63-60-57-54-51-46-27-24-21-18-15-12-9-6-3)74-92-80(85)68-65-62-59-56-53-50-48-45-42-40-33-31-29-26-23-20-17-14-11-8-5-2/h7,9-10,12,16-21,25-29,32-34,36-37,39-41,45-46,48,76-78,82-83H,4-6,8,11,13-15,22-24,30-31,35,38,42-44,47,49-75H2,1-3H3,(H,87,88)(H,89,90)/b10-7-,12-9-,19-16-,20-17-,21-18-,28-25-,29-26-,34-32-,37-36-,40-33-,41-39-,46-27-,48-45-. The zero-order valence-corrected chi connectivity index (χ0v) is 63.1. The van der Waals surface area contributed by atoms with Crippen molar-refractivity contribution in [3.8, 4) is 0 Å². The van der Waals surface area contributed by atoms with E-state index in [0.717, 1.165) is 173 Å². The second-order valence-electron chi connectivity index (χ2n) is 24.7. The lowest BCUT2D eigenvalue weighted by molar-refractivity contribution is -0.161. The average molecular weight is 1430 g/mol. The van der Waals surface area contributed by atoms with Gasteiger partial charge in [-0.25, -0.2) is 9.13 Å². The number of aliphatic hydroxyl groups is 2. The van der Waals surface area contributed by atoms with Crippen LogP contribution in [0.25, 0.3) is 0 Å². The number of rotatable bonds is 70. The first-order valence-corrected chi connectivity index (χ1v) is 40.8. The van der Waals surface area contributed by atoms with Crippen LogP contribution in [0.4, 0.5) is 0 Å². The minimum Gasteiger partial charge on any atom is -0.463 e. The molecule has 0 fully saturated rings. The molecule has 0 saturated carbocycles. The lowest BCUT2D eigenvalue weighted by atomic mass is 10.1. The second-order valence-corrected chi connectivity index (χ2v) is 27.6. The SMILES string of the molecule is CC/C=C\C/C=C\C/C=C\C/C=C\C/C=C\C/C=C\CCCCCCCCCCC(=O)OCC(O)COP(=O)(O)OCC(O)COP(=O)(O)OCC(COC(=O)CCCCCCC/C=C\C/C=C\C/C=C\C/C=C\CCCCC)OC(=O)CCCCCCC/C=C\C/C=C\C/C=C\CC. The first kappa shape index (κ1) is 94.2. The molecular weight excluding hydrogens is 1290 g/mol. The average Bonchev–Trinajstić information content (AvgIpc) is 1.44. The normalized spacial score (nSPS) is 14.9. The van der Waals surface area contributed by atoms with Crippen LogP contribution in [0.1, 0.15) is 278 Å². The van der Waals surface area contributed by atoms with E-state index in [-0.39, 0.29) is 19.3 Å². The molecule has 0 amide bonds. The Labute approximate surface area is 600 Å².